The van der Waals surface area contributed by atoms with Crippen LogP contribution in [0.15, 0.2) is 24.3 Å². The predicted molar refractivity (Wildman–Crippen MR) is 66.9 cm³/mol. The SMILES string of the molecule is CC(C)N1CCCC(=O)C1c1ccccc1O. The number of benzene rings is 1. The fourth-order valence-electron chi connectivity index (χ4n) is 2.51. The number of phenols is 1. The lowest BCUT2D eigenvalue weighted by Gasteiger charge is -2.37. The van der Waals surface area contributed by atoms with Gasteiger partial charge in [0.25, 0.3) is 0 Å². The van der Waals surface area contributed by atoms with Gasteiger partial charge in [-0.2, -0.15) is 0 Å². The van der Waals surface area contributed by atoms with Crippen LogP contribution >= 0.6 is 0 Å². The minimum Gasteiger partial charge on any atom is -0.508 e. The lowest BCUT2D eigenvalue weighted by atomic mass is 9.92. The molecule has 1 fully saturated rings. The third-order valence-electron chi connectivity index (χ3n) is 3.37. The molecule has 1 aliphatic rings. The van der Waals surface area contributed by atoms with E-state index in [0.29, 0.717) is 12.5 Å². The first kappa shape index (κ1) is 12.1. The van der Waals surface area contributed by atoms with Gasteiger partial charge in [-0.3, -0.25) is 9.69 Å². The summed E-state index contributed by atoms with van der Waals surface area (Å²) in [5, 5.41) is 9.90. The maximum Gasteiger partial charge on any atom is 0.154 e. The molecule has 0 amide bonds. The summed E-state index contributed by atoms with van der Waals surface area (Å²) in [6, 6.07) is 7.18. The maximum absolute atomic E-state index is 12.1. The van der Waals surface area contributed by atoms with Gasteiger partial charge in [0.15, 0.2) is 5.78 Å². The van der Waals surface area contributed by atoms with Crippen LogP contribution in [-0.2, 0) is 4.79 Å². The van der Waals surface area contributed by atoms with Gasteiger partial charge < -0.3 is 5.11 Å². The fourth-order valence-corrected chi connectivity index (χ4v) is 2.51. The highest BCUT2D eigenvalue weighted by molar-refractivity contribution is 5.86. The highest BCUT2D eigenvalue weighted by atomic mass is 16.3. The van der Waals surface area contributed by atoms with E-state index >= 15 is 0 Å². The van der Waals surface area contributed by atoms with Crippen LogP contribution < -0.4 is 0 Å². The Morgan fingerprint density at radius 3 is 2.71 bits per heavy atom. The topological polar surface area (TPSA) is 40.5 Å². The number of rotatable bonds is 2. The summed E-state index contributed by atoms with van der Waals surface area (Å²) >= 11 is 0. The molecule has 1 aromatic rings. The van der Waals surface area contributed by atoms with Crippen molar-refractivity contribution < 1.29 is 9.90 Å². The Morgan fingerprint density at radius 1 is 1.35 bits per heavy atom. The Morgan fingerprint density at radius 2 is 2.06 bits per heavy atom. The predicted octanol–water partition coefficient (Wildman–Crippen LogP) is 2.51. The largest absolute Gasteiger partial charge is 0.508 e. The molecule has 1 unspecified atom stereocenters. The van der Waals surface area contributed by atoms with Gasteiger partial charge in [0.2, 0.25) is 0 Å². The van der Waals surface area contributed by atoms with Crippen LogP contribution in [0.3, 0.4) is 0 Å². The third kappa shape index (κ3) is 2.34. The van der Waals surface area contributed by atoms with Gasteiger partial charge in [0.05, 0.1) is 6.04 Å². The molecule has 1 heterocycles. The minimum atomic E-state index is -0.273. The van der Waals surface area contributed by atoms with Gasteiger partial charge in [0.1, 0.15) is 5.75 Å². The molecule has 3 heteroatoms. The van der Waals surface area contributed by atoms with Crippen molar-refractivity contribution in [1.82, 2.24) is 4.90 Å². The highest BCUT2D eigenvalue weighted by Crippen LogP contribution is 2.34. The number of phenolic OH excluding ortho intramolecular Hbond substituents is 1. The molecule has 1 atom stereocenters. The molecule has 1 aliphatic heterocycles. The summed E-state index contributed by atoms with van der Waals surface area (Å²) in [4.78, 5) is 14.3. The van der Waals surface area contributed by atoms with Gasteiger partial charge in [-0.05, 0) is 32.9 Å². The van der Waals surface area contributed by atoms with Crippen LogP contribution in [0.25, 0.3) is 0 Å². The van der Waals surface area contributed by atoms with E-state index in [-0.39, 0.29) is 17.6 Å². The number of carbonyl (C=O) groups is 1. The Kier molecular flexibility index (Phi) is 3.48. The van der Waals surface area contributed by atoms with Crippen LogP contribution in [-0.4, -0.2) is 28.4 Å². The number of hydrogen-bond donors (Lipinski definition) is 1. The van der Waals surface area contributed by atoms with Gasteiger partial charge in [0, 0.05) is 18.0 Å². The highest BCUT2D eigenvalue weighted by Gasteiger charge is 2.33. The van der Waals surface area contributed by atoms with Crippen molar-refractivity contribution in [3.05, 3.63) is 29.8 Å². The zero-order chi connectivity index (χ0) is 12.4. The third-order valence-corrected chi connectivity index (χ3v) is 3.37. The van der Waals surface area contributed by atoms with E-state index in [1.54, 1.807) is 12.1 Å². The summed E-state index contributed by atoms with van der Waals surface area (Å²) in [5.74, 6) is 0.435. The second-order valence-corrected chi connectivity index (χ2v) is 4.86. The molecule has 0 bridgehead atoms. The molecule has 0 spiro atoms. The first-order chi connectivity index (χ1) is 8.11. The number of Topliss-reactive ketones (excluding diaryl/α,β-unsaturated/α-hetero) is 1. The number of para-hydroxylation sites is 1. The van der Waals surface area contributed by atoms with Crippen molar-refractivity contribution in [2.45, 2.75) is 38.8 Å². The van der Waals surface area contributed by atoms with Crippen molar-refractivity contribution in [3.8, 4) is 5.75 Å². The quantitative estimate of drug-likeness (QED) is 0.853. The molecule has 2 rings (SSSR count). The lowest BCUT2D eigenvalue weighted by Crippen LogP contribution is -2.43. The molecule has 3 nitrogen and oxygen atoms in total. The summed E-state index contributed by atoms with van der Waals surface area (Å²) in [6.45, 7) is 5.10. The van der Waals surface area contributed by atoms with E-state index in [2.05, 4.69) is 18.7 Å². The zero-order valence-corrected chi connectivity index (χ0v) is 10.4. The molecular weight excluding hydrogens is 214 g/mol. The standard InChI is InChI=1S/C14H19NO2/c1-10(2)15-9-5-8-13(17)14(15)11-6-3-4-7-12(11)16/h3-4,6-7,10,14,16H,5,8-9H2,1-2H3. The van der Waals surface area contributed by atoms with Crippen LogP contribution in [0.4, 0.5) is 0 Å². The molecule has 1 N–H and O–H groups in total. The number of nitrogens with zero attached hydrogens (tertiary/aromatic N) is 1. The van der Waals surface area contributed by atoms with E-state index in [9.17, 15) is 9.90 Å². The summed E-state index contributed by atoms with van der Waals surface area (Å²) < 4.78 is 0. The van der Waals surface area contributed by atoms with Crippen molar-refractivity contribution in [1.29, 1.82) is 0 Å². The normalized spacial score (nSPS) is 22.1. The Labute approximate surface area is 102 Å². The van der Waals surface area contributed by atoms with E-state index < -0.39 is 0 Å². The van der Waals surface area contributed by atoms with Crippen molar-refractivity contribution in [3.63, 3.8) is 0 Å². The van der Waals surface area contributed by atoms with Gasteiger partial charge >= 0.3 is 0 Å². The molecule has 92 valence electrons. The number of aromatic hydroxyl groups is 1. The van der Waals surface area contributed by atoms with Crippen LogP contribution in [0.2, 0.25) is 0 Å². The molecule has 0 aromatic heterocycles. The maximum atomic E-state index is 12.1. The van der Waals surface area contributed by atoms with E-state index in [4.69, 9.17) is 0 Å². The molecule has 1 saturated heterocycles. The molecule has 0 aliphatic carbocycles. The second-order valence-electron chi connectivity index (χ2n) is 4.86. The average Bonchev–Trinajstić information content (AvgIpc) is 2.30. The average molecular weight is 233 g/mol. The number of carbonyl (C=O) groups excluding carboxylic acids is 1. The van der Waals surface area contributed by atoms with Crippen molar-refractivity contribution in [2.24, 2.45) is 0 Å². The van der Waals surface area contributed by atoms with E-state index in [1.807, 2.05) is 12.1 Å². The van der Waals surface area contributed by atoms with E-state index in [1.165, 1.54) is 0 Å². The first-order valence-corrected chi connectivity index (χ1v) is 6.17. The van der Waals surface area contributed by atoms with Gasteiger partial charge in [-0.25, -0.2) is 0 Å². The summed E-state index contributed by atoms with van der Waals surface area (Å²) in [7, 11) is 0. The van der Waals surface area contributed by atoms with Crippen molar-refractivity contribution in [2.75, 3.05) is 6.54 Å². The second kappa shape index (κ2) is 4.88. The molecule has 0 radical (unpaired) electrons. The van der Waals surface area contributed by atoms with Gasteiger partial charge in [-0.15, -0.1) is 0 Å². The smallest absolute Gasteiger partial charge is 0.154 e. The fraction of sp³-hybridized carbons (Fsp3) is 0.500. The lowest BCUT2D eigenvalue weighted by molar-refractivity contribution is -0.128. The van der Waals surface area contributed by atoms with Crippen LogP contribution in [0, 0.1) is 0 Å². The molecular formula is C14H19NO2. The zero-order valence-electron chi connectivity index (χ0n) is 10.4. The Hall–Kier alpha value is -1.35. The number of piperidine rings is 1. The van der Waals surface area contributed by atoms with Crippen LogP contribution in [0.5, 0.6) is 5.75 Å². The van der Waals surface area contributed by atoms with Gasteiger partial charge in [-0.1, -0.05) is 18.2 Å². The number of ketones is 1. The Balaban J connectivity index is 2.38. The monoisotopic (exact) mass is 233 g/mol. The molecule has 0 saturated carbocycles. The number of hydrogen-bond acceptors (Lipinski definition) is 3. The molecule has 17 heavy (non-hydrogen) atoms. The first-order valence-electron chi connectivity index (χ1n) is 6.17. The Bertz CT molecular complexity index is 414. The summed E-state index contributed by atoms with van der Waals surface area (Å²) in [6.07, 6.45) is 1.53. The minimum absolute atomic E-state index is 0.214. The number of likely N-dealkylation sites (tertiary alicyclic amines) is 1. The molecule has 1 aromatic carbocycles. The van der Waals surface area contributed by atoms with E-state index in [0.717, 1.165) is 18.5 Å². The van der Waals surface area contributed by atoms with Crippen LogP contribution in [0.1, 0.15) is 38.3 Å². The van der Waals surface area contributed by atoms with Crippen molar-refractivity contribution >= 4 is 5.78 Å². The summed E-state index contributed by atoms with van der Waals surface area (Å²) in [5.41, 5.74) is 0.742.